The summed E-state index contributed by atoms with van der Waals surface area (Å²) in [5.74, 6) is -0.726. The normalized spacial score (nSPS) is 17.1. The van der Waals surface area contributed by atoms with Crippen LogP contribution in [0.2, 0.25) is 0 Å². The number of nitro benzene ring substituents is 2. The Hall–Kier alpha value is -4.26. The Morgan fingerprint density at radius 3 is 2.27 bits per heavy atom. The molecule has 2 heterocycles. The maximum absolute atomic E-state index is 12.8. The molecule has 0 unspecified atom stereocenters. The predicted octanol–water partition coefficient (Wildman–Crippen LogP) is 4.73. The van der Waals surface area contributed by atoms with Gasteiger partial charge in [0, 0.05) is 19.2 Å². The summed E-state index contributed by atoms with van der Waals surface area (Å²) >= 11 is 0.752. The fourth-order valence-electron chi connectivity index (χ4n) is 3.95. The average Bonchev–Trinajstić information content (AvgIpc) is 3.05. The van der Waals surface area contributed by atoms with E-state index >= 15 is 0 Å². The molecule has 0 spiro atoms. The van der Waals surface area contributed by atoms with Gasteiger partial charge in [0.15, 0.2) is 0 Å². The number of likely N-dealkylation sites (tertiary alicyclic amines) is 1. The van der Waals surface area contributed by atoms with E-state index in [4.69, 9.17) is 4.74 Å². The topological polar surface area (TPSA) is 153 Å². The van der Waals surface area contributed by atoms with Gasteiger partial charge >= 0.3 is 5.69 Å². The lowest BCUT2D eigenvalue weighted by molar-refractivity contribution is -0.394. The number of benzene rings is 2. The monoisotopic (exact) mass is 526 g/mol. The van der Waals surface area contributed by atoms with Crippen LogP contribution in [-0.4, -0.2) is 56.3 Å². The first kappa shape index (κ1) is 25.8. The van der Waals surface area contributed by atoms with Crippen molar-refractivity contribution in [3.05, 3.63) is 73.2 Å². The third-order valence-corrected chi connectivity index (χ3v) is 6.79. The second-order valence-corrected chi connectivity index (χ2v) is 9.39. The molecule has 192 valence electrons. The number of thioether (sulfide) groups is 1. The van der Waals surface area contributed by atoms with Gasteiger partial charge in [0.05, 0.1) is 20.8 Å². The van der Waals surface area contributed by atoms with Gasteiger partial charge in [-0.15, -0.1) is 0 Å². The van der Waals surface area contributed by atoms with Gasteiger partial charge in [-0.05, 0) is 54.4 Å². The molecule has 2 aromatic rings. The molecule has 2 aromatic carbocycles. The molecule has 4 rings (SSSR count). The lowest BCUT2D eigenvalue weighted by Gasteiger charge is -2.22. The first-order chi connectivity index (χ1) is 17.7. The number of nitrogens with zero attached hydrogens (tertiary/aromatic N) is 4. The second kappa shape index (κ2) is 11.2. The van der Waals surface area contributed by atoms with E-state index in [9.17, 15) is 34.6 Å². The number of ether oxygens (including phenoxy) is 1. The van der Waals surface area contributed by atoms with Crippen molar-refractivity contribution in [1.82, 2.24) is 9.80 Å². The van der Waals surface area contributed by atoms with Crippen molar-refractivity contribution in [2.45, 2.75) is 25.7 Å². The summed E-state index contributed by atoms with van der Waals surface area (Å²) in [6.07, 6.45) is 5.44. The maximum atomic E-state index is 12.8. The van der Waals surface area contributed by atoms with E-state index in [0.717, 1.165) is 60.5 Å². The van der Waals surface area contributed by atoms with E-state index in [-0.39, 0.29) is 28.9 Å². The number of carbonyl (C=O) groups excluding carboxylic acids is 3. The quantitative estimate of drug-likeness (QED) is 0.283. The Balaban J connectivity index is 1.44. The van der Waals surface area contributed by atoms with Gasteiger partial charge < -0.3 is 9.64 Å². The van der Waals surface area contributed by atoms with Crippen LogP contribution in [0.5, 0.6) is 11.5 Å². The molecule has 2 saturated heterocycles. The Kier molecular flexibility index (Phi) is 7.82. The molecular formula is C24H22N4O8S. The van der Waals surface area contributed by atoms with Crippen LogP contribution in [-0.2, 0) is 9.59 Å². The molecule has 37 heavy (non-hydrogen) atoms. The van der Waals surface area contributed by atoms with Crippen LogP contribution in [0.1, 0.15) is 31.2 Å². The molecule has 2 aliphatic heterocycles. The second-order valence-electron chi connectivity index (χ2n) is 8.40. The number of amides is 3. The Morgan fingerprint density at radius 2 is 1.65 bits per heavy atom. The molecular weight excluding hydrogens is 504 g/mol. The van der Waals surface area contributed by atoms with Gasteiger partial charge in [0.2, 0.25) is 11.7 Å². The van der Waals surface area contributed by atoms with Gasteiger partial charge in [-0.25, -0.2) is 0 Å². The van der Waals surface area contributed by atoms with E-state index in [1.165, 1.54) is 18.2 Å². The SMILES string of the molecule is O=C(CN1C(=O)SC(=Cc2ccc(Oc3ccc([N+](=O)[O-])cc3[N+](=O)[O-])cc2)C1=O)N1CCCCCC1. The summed E-state index contributed by atoms with van der Waals surface area (Å²) in [7, 11) is 0. The van der Waals surface area contributed by atoms with Gasteiger partial charge in [-0.1, -0.05) is 25.0 Å². The molecule has 0 radical (unpaired) electrons. The molecule has 13 heteroatoms. The van der Waals surface area contributed by atoms with Gasteiger partial charge in [-0.3, -0.25) is 39.5 Å². The van der Waals surface area contributed by atoms with E-state index in [2.05, 4.69) is 0 Å². The summed E-state index contributed by atoms with van der Waals surface area (Å²) in [5.41, 5.74) is -0.423. The summed E-state index contributed by atoms with van der Waals surface area (Å²) in [5, 5.41) is 21.7. The van der Waals surface area contributed by atoms with Crippen molar-refractivity contribution in [3.8, 4) is 11.5 Å². The minimum Gasteiger partial charge on any atom is -0.450 e. The van der Waals surface area contributed by atoms with Crippen molar-refractivity contribution in [2.75, 3.05) is 19.6 Å². The first-order valence-electron chi connectivity index (χ1n) is 11.5. The van der Waals surface area contributed by atoms with Crippen molar-refractivity contribution < 1.29 is 29.0 Å². The minimum absolute atomic E-state index is 0.168. The number of nitro groups is 2. The number of carbonyl (C=O) groups is 3. The van der Waals surface area contributed by atoms with Crippen LogP contribution in [0.3, 0.4) is 0 Å². The third kappa shape index (κ3) is 6.12. The Labute approximate surface area is 215 Å². The highest BCUT2D eigenvalue weighted by molar-refractivity contribution is 8.18. The van der Waals surface area contributed by atoms with Gasteiger partial charge in [-0.2, -0.15) is 0 Å². The molecule has 0 atom stereocenters. The summed E-state index contributed by atoms with van der Waals surface area (Å²) in [6, 6.07) is 9.24. The zero-order valence-electron chi connectivity index (χ0n) is 19.5. The molecule has 0 bridgehead atoms. The number of rotatable bonds is 7. The number of hydrogen-bond donors (Lipinski definition) is 0. The van der Waals surface area contributed by atoms with Crippen LogP contribution in [0, 0.1) is 20.2 Å². The van der Waals surface area contributed by atoms with E-state index < -0.39 is 32.4 Å². The zero-order chi connectivity index (χ0) is 26.5. The summed E-state index contributed by atoms with van der Waals surface area (Å²) < 4.78 is 5.53. The van der Waals surface area contributed by atoms with E-state index in [1.807, 2.05) is 0 Å². The molecule has 0 N–H and O–H groups in total. The van der Waals surface area contributed by atoms with Crippen LogP contribution in [0.15, 0.2) is 47.4 Å². The predicted molar refractivity (Wildman–Crippen MR) is 134 cm³/mol. The molecule has 2 aliphatic rings. The highest BCUT2D eigenvalue weighted by Crippen LogP contribution is 2.35. The fourth-order valence-corrected chi connectivity index (χ4v) is 4.79. The molecule has 2 fully saturated rings. The van der Waals surface area contributed by atoms with E-state index in [0.29, 0.717) is 18.7 Å². The van der Waals surface area contributed by atoms with Crippen molar-refractivity contribution in [1.29, 1.82) is 0 Å². The number of non-ortho nitro benzene ring substituents is 1. The smallest absolute Gasteiger partial charge is 0.318 e. The number of imide groups is 1. The highest BCUT2D eigenvalue weighted by atomic mass is 32.2. The Bertz CT molecular complexity index is 1290. The molecule has 0 saturated carbocycles. The Morgan fingerprint density at radius 1 is 0.973 bits per heavy atom. The van der Waals surface area contributed by atoms with Crippen LogP contribution >= 0.6 is 11.8 Å². The van der Waals surface area contributed by atoms with Gasteiger partial charge in [0.25, 0.3) is 16.8 Å². The summed E-state index contributed by atoms with van der Waals surface area (Å²) in [4.78, 5) is 61.4. The maximum Gasteiger partial charge on any atom is 0.318 e. The average molecular weight is 527 g/mol. The minimum atomic E-state index is -0.773. The fraction of sp³-hybridized carbons (Fsp3) is 0.292. The third-order valence-electron chi connectivity index (χ3n) is 5.88. The van der Waals surface area contributed by atoms with E-state index in [1.54, 1.807) is 17.0 Å². The van der Waals surface area contributed by atoms with Crippen molar-refractivity contribution in [3.63, 3.8) is 0 Å². The highest BCUT2D eigenvalue weighted by Gasteiger charge is 2.37. The van der Waals surface area contributed by atoms with Crippen molar-refractivity contribution in [2.24, 2.45) is 0 Å². The standard InChI is InChI=1S/C24H22N4O8S/c29-22(25-11-3-1-2-4-12-25)15-26-23(30)21(37-24(26)31)13-16-5-8-18(9-6-16)36-20-10-7-17(27(32)33)14-19(20)28(34)35/h5-10,13-14H,1-4,11-12,15H2. The molecule has 0 aliphatic carbocycles. The van der Waals surface area contributed by atoms with Crippen LogP contribution in [0.25, 0.3) is 6.08 Å². The lowest BCUT2D eigenvalue weighted by atomic mass is 10.2. The largest absolute Gasteiger partial charge is 0.450 e. The summed E-state index contributed by atoms with van der Waals surface area (Å²) in [6.45, 7) is 0.966. The lowest BCUT2D eigenvalue weighted by Crippen LogP contribution is -2.42. The van der Waals surface area contributed by atoms with Crippen LogP contribution in [0.4, 0.5) is 16.2 Å². The first-order valence-corrected chi connectivity index (χ1v) is 12.3. The number of hydrogen-bond acceptors (Lipinski definition) is 9. The molecule has 0 aromatic heterocycles. The van der Waals surface area contributed by atoms with Crippen LogP contribution < -0.4 is 4.74 Å². The van der Waals surface area contributed by atoms with Crippen molar-refractivity contribution >= 4 is 46.3 Å². The molecule has 3 amide bonds. The molecule has 12 nitrogen and oxygen atoms in total. The zero-order valence-corrected chi connectivity index (χ0v) is 20.3. The van der Waals surface area contributed by atoms with Gasteiger partial charge in [0.1, 0.15) is 12.3 Å².